The highest BCUT2D eigenvalue weighted by Gasteiger charge is 2.17. The monoisotopic (exact) mass is 236 g/mol. The molecule has 0 atom stereocenters. The van der Waals surface area contributed by atoms with E-state index in [2.05, 4.69) is 6.92 Å². The zero-order valence-electron chi connectivity index (χ0n) is 10.6. The van der Waals surface area contributed by atoms with Gasteiger partial charge in [-0.15, -0.1) is 0 Å². The molecule has 1 fully saturated rings. The lowest BCUT2D eigenvalue weighted by molar-refractivity contribution is -0.130. The quantitative estimate of drug-likeness (QED) is 0.418. The molecule has 4 heteroatoms. The van der Waals surface area contributed by atoms with Crippen LogP contribution in [0.3, 0.4) is 0 Å². The second-order valence-electron chi connectivity index (χ2n) is 4.02. The lowest BCUT2D eigenvalue weighted by Crippen LogP contribution is -2.47. The number of carbonyl (C=O) groups excluding carboxylic acids is 2. The maximum Gasteiger partial charge on any atom is 0.246 e. The van der Waals surface area contributed by atoms with Crippen molar-refractivity contribution in [3.05, 3.63) is 23.8 Å². The number of allylic oxidation sites excluding steroid dienone is 3. The highest BCUT2D eigenvalue weighted by Crippen LogP contribution is 2.04. The van der Waals surface area contributed by atoms with Gasteiger partial charge in [0, 0.05) is 32.3 Å². The van der Waals surface area contributed by atoms with Crippen LogP contribution < -0.4 is 0 Å². The molecule has 1 saturated heterocycles. The second kappa shape index (κ2) is 6.89. The third-order valence-electron chi connectivity index (χ3n) is 2.99. The van der Waals surface area contributed by atoms with E-state index in [4.69, 9.17) is 0 Å². The highest BCUT2D eigenvalue weighted by atomic mass is 16.2. The van der Waals surface area contributed by atoms with Gasteiger partial charge in [-0.05, 0) is 13.3 Å². The van der Waals surface area contributed by atoms with Gasteiger partial charge in [0.2, 0.25) is 12.3 Å². The Kier molecular flexibility index (Phi) is 5.46. The number of rotatable bonds is 4. The Morgan fingerprint density at radius 3 is 2.29 bits per heavy atom. The van der Waals surface area contributed by atoms with Crippen LogP contribution in [0.1, 0.15) is 20.3 Å². The topological polar surface area (TPSA) is 40.6 Å². The number of hydrogen-bond acceptors (Lipinski definition) is 2. The number of nitrogens with zero attached hydrogens (tertiary/aromatic N) is 2. The summed E-state index contributed by atoms with van der Waals surface area (Å²) in [6.45, 7) is 6.54. The predicted molar refractivity (Wildman–Crippen MR) is 67.4 cm³/mol. The standard InChI is InChI=1S/C13H20N2O2/c1-3-12(4-2)5-6-13(17)15-9-7-14(11-16)8-10-15/h3,5-6,11H,4,7-10H2,1-2H3. The molecule has 17 heavy (non-hydrogen) atoms. The minimum atomic E-state index is 0.0309. The number of hydrogen-bond donors (Lipinski definition) is 0. The van der Waals surface area contributed by atoms with Gasteiger partial charge in [-0.25, -0.2) is 0 Å². The fourth-order valence-corrected chi connectivity index (χ4v) is 1.75. The van der Waals surface area contributed by atoms with Crippen molar-refractivity contribution in [2.45, 2.75) is 20.3 Å². The SMILES string of the molecule is CC=C(C=CC(=O)N1CCN(C=O)CC1)CC. The first kappa shape index (κ1) is 13.5. The first-order valence-corrected chi connectivity index (χ1v) is 6.02. The molecule has 4 nitrogen and oxygen atoms in total. The molecule has 0 aromatic carbocycles. The van der Waals surface area contributed by atoms with Gasteiger partial charge in [-0.1, -0.05) is 24.6 Å². The average molecular weight is 236 g/mol. The van der Waals surface area contributed by atoms with Crippen LogP contribution in [0, 0.1) is 0 Å². The van der Waals surface area contributed by atoms with E-state index in [0.717, 1.165) is 18.4 Å². The van der Waals surface area contributed by atoms with E-state index in [0.29, 0.717) is 26.2 Å². The molecule has 0 aromatic rings. The Bertz CT molecular complexity index is 326. The van der Waals surface area contributed by atoms with E-state index in [1.54, 1.807) is 15.9 Å². The number of piperazine rings is 1. The normalized spacial score (nSPS) is 17.6. The molecule has 0 aromatic heterocycles. The van der Waals surface area contributed by atoms with Crippen LogP contribution in [0.2, 0.25) is 0 Å². The Morgan fingerprint density at radius 1 is 1.18 bits per heavy atom. The van der Waals surface area contributed by atoms with E-state index in [1.807, 2.05) is 19.1 Å². The summed E-state index contributed by atoms with van der Waals surface area (Å²) in [5, 5.41) is 0. The molecular weight excluding hydrogens is 216 g/mol. The first-order chi connectivity index (χ1) is 8.21. The molecule has 1 rings (SSSR count). The highest BCUT2D eigenvalue weighted by molar-refractivity contribution is 5.88. The summed E-state index contributed by atoms with van der Waals surface area (Å²) in [5.74, 6) is 0.0309. The lowest BCUT2D eigenvalue weighted by atomic mass is 10.2. The summed E-state index contributed by atoms with van der Waals surface area (Å²) < 4.78 is 0. The van der Waals surface area contributed by atoms with Crippen molar-refractivity contribution in [3.8, 4) is 0 Å². The predicted octanol–water partition coefficient (Wildman–Crippen LogP) is 1.20. The Labute approximate surface area is 103 Å². The first-order valence-electron chi connectivity index (χ1n) is 6.02. The van der Waals surface area contributed by atoms with Crippen LogP contribution in [0.4, 0.5) is 0 Å². The molecular formula is C13H20N2O2. The molecule has 0 aliphatic carbocycles. The molecule has 94 valence electrons. The van der Waals surface area contributed by atoms with Gasteiger partial charge in [0.05, 0.1) is 0 Å². The fraction of sp³-hybridized carbons (Fsp3) is 0.538. The average Bonchev–Trinajstić information content (AvgIpc) is 2.39. The maximum atomic E-state index is 11.8. The Morgan fingerprint density at radius 2 is 1.82 bits per heavy atom. The molecule has 1 heterocycles. The van der Waals surface area contributed by atoms with Crippen LogP contribution in [-0.4, -0.2) is 48.3 Å². The number of amides is 2. The molecule has 0 saturated carbocycles. The summed E-state index contributed by atoms with van der Waals surface area (Å²) in [5.41, 5.74) is 1.16. The van der Waals surface area contributed by atoms with E-state index in [9.17, 15) is 9.59 Å². The molecule has 0 unspecified atom stereocenters. The molecule has 2 amide bonds. The molecule has 1 aliphatic heterocycles. The van der Waals surface area contributed by atoms with Crippen molar-refractivity contribution >= 4 is 12.3 Å². The largest absolute Gasteiger partial charge is 0.342 e. The van der Waals surface area contributed by atoms with Crippen LogP contribution in [0.15, 0.2) is 23.8 Å². The second-order valence-corrected chi connectivity index (χ2v) is 4.02. The van der Waals surface area contributed by atoms with Crippen LogP contribution in [-0.2, 0) is 9.59 Å². The van der Waals surface area contributed by atoms with Crippen LogP contribution in [0.5, 0.6) is 0 Å². The third kappa shape index (κ3) is 4.06. The summed E-state index contributed by atoms with van der Waals surface area (Å²) in [6.07, 6.45) is 7.27. The van der Waals surface area contributed by atoms with Gasteiger partial charge in [-0.2, -0.15) is 0 Å². The lowest BCUT2D eigenvalue weighted by Gasteiger charge is -2.31. The molecule has 0 radical (unpaired) electrons. The van der Waals surface area contributed by atoms with E-state index in [1.165, 1.54) is 0 Å². The van der Waals surface area contributed by atoms with Crippen molar-refractivity contribution in [1.29, 1.82) is 0 Å². The Hall–Kier alpha value is -1.58. The summed E-state index contributed by atoms with van der Waals surface area (Å²) in [4.78, 5) is 25.8. The van der Waals surface area contributed by atoms with Gasteiger partial charge in [-0.3, -0.25) is 9.59 Å². The summed E-state index contributed by atoms with van der Waals surface area (Å²) in [7, 11) is 0. The fourth-order valence-electron chi connectivity index (χ4n) is 1.75. The molecule has 0 spiro atoms. The van der Waals surface area contributed by atoms with Crippen molar-refractivity contribution in [2.75, 3.05) is 26.2 Å². The van der Waals surface area contributed by atoms with Gasteiger partial charge in [0.1, 0.15) is 0 Å². The van der Waals surface area contributed by atoms with Crippen LogP contribution in [0.25, 0.3) is 0 Å². The summed E-state index contributed by atoms with van der Waals surface area (Å²) >= 11 is 0. The van der Waals surface area contributed by atoms with Crippen molar-refractivity contribution in [3.63, 3.8) is 0 Å². The maximum absolute atomic E-state index is 11.8. The summed E-state index contributed by atoms with van der Waals surface area (Å²) in [6, 6.07) is 0. The van der Waals surface area contributed by atoms with Gasteiger partial charge in [0.25, 0.3) is 0 Å². The van der Waals surface area contributed by atoms with E-state index in [-0.39, 0.29) is 5.91 Å². The minimum Gasteiger partial charge on any atom is -0.342 e. The van der Waals surface area contributed by atoms with Gasteiger partial charge >= 0.3 is 0 Å². The van der Waals surface area contributed by atoms with E-state index >= 15 is 0 Å². The number of carbonyl (C=O) groups is 2. The third-order valence-corrected chi connectivity index (χ3v) is 2.99. The molecule has 0 N–H and O–H groups in total. The Balaban J connectivity index is 2.47. The zero-order chi connectivity index (χ0) is 12.7. The van der Waals surface area contributed by atoms with Crippen molar-refractivity contribution < 1.29 is 9.59 Å². The smallest absolute Gasteiger partial charge is 0.246 e. The minimum absolute atomic E-state index is 0.0309. The van der Waals surface area contributed by atoms with Gasteiger partial charge < -0.3 is 9.80 Å². The van der Waals surface area contributed by atoms with Gasteiger partial charge in [0.15, 0.2) is 0 Å². The van der Waals surface area contributed by atoms with Crippen LogP contribution >= 0.6 is 0 Å². The zero-order valence-corrected chi connectivity index (χ0v) is 10.6. The van der Waals surface area contributed by atoms with E-state index < -0.39 is 0 Å². The molecule has 1 aliphatic rings. The van der Waals surface area contributed by atoms with Crippen molar-refractivity contribution in [1.82, 2.24) is 9.80 Å². The molecule has 0 bridgehead atoms. The van der Waals surface area contributed by atoms with Crippen molar-refractivity contribution in [2.24, 2.45) is 0 Å².